The van der Waals surface area contributed by atoms with Gasteiger partial charge in [0, 0.05) is 11.1 Å². The quantitative estimate of drug-likeness (QED) is 0.524. The van der Waals surface area contributed by atoms with Crippen molar-refractivity contribution < 1.29 is 23.0 Å². The monoisotopic (exact) mass is 390 g/mol. The van der Waals surface area contributed by atoms with Gasteiger partial charge in [0.15, 0.2) is 0 Å². The van der Waals surface area contributed by atoms with Gasteiger partial charge in [-0.1, -0.05) is 77.9 Å². The number of hydrogen-bond donors (Lipinski definition) is 0. The summed E-state index contributed by atoms with van der Waals surface area (Å²) >= 11 is 0. The third-order valence-corrected chi connectivity index (χ3v) is 4.43. The molecule has 0 aliphatic carbocycles. The van der Waals surface area contributed by atoms with E-state index in [1.54, 1.807) is 24.3 Å². The molecule has 2 unspecified atom stereocenters. The Hall–Kier alpha value is -2.43. The van der Waals surface area contributed by atoms with Crippen LogP contribution in [0.25, 0.3) is 0 Å². The predicted molar refractivity (Wildman–Crippen MR) is 106 cm³/mol. The van der Waals surface area contributed by atoms with Crippen LogP contribution in [0.15, 0.2) is 48.5 Å². The summed E-state index contributed by atoms with van der Waals surface area (Å²) < 4.78 is 38.0. The fraction of sp³-hybridized carbons (Fsp3) is 0.435. The van der Waals surface area contributed by atoms with Gasteiger partial charge in [0.25, 0.3) is 12.7 Å². The number of ether oxygens (including phenoxy) is 2. The highest BCUT2D eigenvalue weighted by Gasteiger charge is 2.24. The second kappa shape index (κ2) is 8.29. The van der Waals surface area contributed by atoms with Gasteiger partial charge in [-0.3, -0.25) is 0 Å². The first-order valence-electron chi connectivity index (χ1n) is 9.24. The third-order valence-electron chi connectivity index (χ3n) is 4.43. The van der Waals surface area contributed by atoms with Crippen molar-refractivity contribution in [2.45, 2.75) is 65.1 Å². The smallest absolute Gasteiger partial charge is 0.395 e. The lowest BCUT2D eigenvalue weighted by Gasteiger charge is -2.21. The van der Waals surface area contributed by atoms with E-state index in [0.717, 1.165) is 11.1 Å². The van der Waals surface area contributed by atoms with Crippen molar-refractivity contribution >= 4 is 6.16 Å². The highest BCUT2D eigenvalue weighted by molar-refractivity contribution is 5.60. The molecule has 0 saturated heterocycles. The molecule has 0 bridgehead atoms. The number of rotatable bonds is 4. The summed E-state index contributed by atoms with van der Waals surface area (Å²) in [5.74, 6) is 0. The molecule has 0 saturated carbocycles. The van der Waals surface area contributed by atoms with E-state index < -0.39 is 18.9 Å². The van der Waals surface area contributed by atoms with Crippen molar-refractivity contribution in [3.8, 4) is 0 Å². The zero-order valence-corrected chi connectivity index (χ0v) is 17.3. The van der Waals surface area contributed by atoms with E-state index in [1.165, 1.54) is 12.1 Å². The molecule has 0 heterocycles. The first kappa shape index (κ1) is 21.9. The van der Waals surface area contributed by atoms with E-state index in [4.69, 9.17) is 0 Å². The Bertz CT molecular complexity index is 752. The van der Waals surface area contributed by atoms with Gasteiger partial charge in [-0.25, -0.2) is 4.79 Å². The van der Waals surface area contributed by atoms with Crippen LogP contribution in [0.4, 0.5) is 13.6 Å². The molecule has 0 spiro atoms. The first-order valence-corrected chi connectivity index (χ1v) is 9.24. The minimum atomic E-state index is -2.04. The average Bonchev–Trinajstić information content (AvgIpc) is 2.60. The summed E-state index contributed by atoms with van der Waals surface area (Å²) in [5.41, 5.74) is 1.78. The standard InChI is InChI=1S/C23H28F2O3/c1-22(2,3)17-11-7-9-15(13-17)19(24)27-21(26)28-20(25)16-10-8-12-18(14-16)23(4,5)6/h7-14,19-20H,1-6H3. The van der Waals surface area contributed by atoms with Gasteiger partial charge in [-0.2, -0.15) is 8.78 Å². The molecular weight excluding hydrogens is 362 g/mol. The molecule has 0 aliphatic heterocycles. The molecule has 3 nitrogen and oxygen atoms in total. The summed E-state index contributed by atoms with van der Waals surface area (Å²) in [6.45, 7) is 12.0. The number of hydrogen-bond acceptors (Lipinski definition) is 3. The fourth-order valence-electron chi connectivity index (χ4n) is 2.63. The summed E-state index contributed by atoms with van der Waals surface area (Å²) in [7, 11) is 0. The SMILES string of the molecule is CC(C)(C)c1cccc(C(F)OC(=O)OC(F)c2cccc(C(C)(C)C)c2)c1. The molecule has 152 valence electrons. The Morgan fingerprint density at radius 3 is 1.43 bits per heavy atom. The maximum Gasteiger partial charge on any atom is 0.513 e. The Morgan fingerprint density at radius 2 is 1.11 bits per heavy atom. The molecule has 2 atom stereocenters. The molecule has 0 amide bonds. The highest BCUT2D eigenvalue weighted by atomic mass is 19.2. The lowest BCUT2D eigenvalue weighted by Crippen LogP contribution is -2.15. The van der Waals surface area contributed by atoms with Gasteiger partial charge in [0.05, 0.1) is 0 Å². The maximum atomic E-state index is 14.4. The van der Waals surface area contributed by atoms with Gasteiger partial charge < -0.3 is 9.47 Å². The van der Waals surface area contributed by atoms with Gasteiger partial charge in [0.1, 0.15) is 0 Å². The van der Waals surface area contributed by atoms with Crippen LogP contribution in [0.1, 0.15) is 76.5 Å². The topological polar surface area (TPSA) is 35.5 Å². The average molecular weight is 390 g/mol. The molecule has 2 aromatic carbocycles. The van der Waals surface area contributed by atoms with Crippen LogP contribution in [-0.4, -0.2) is 6.16 Å². The summed E-state index contributed by atoms with van der Waals surface area (Å²) in [6.07, 6.45) is -5.48. The highest BCUT2D eigenvalue weighted by Crippen LogP contribution is 2.29. The molecule has 0 aliphatic rings. The van der Waals surface area contributed by atoms with Crippen LogP contribution in [0.3, 0.4) is 0 Å². The van der Waals surface area contributed by atoms with Crippen molar-refractivity contribution in [3.63, 3.8) is 0 Å². The fourth-order valence-corrected chi connectivity index (χ4v) is 2.63. The van der Waals surface area contributed by atoms with E-state index in [-0.39, 0.29) is 22.0 Å². The Labute approximate surface area is 165 Å². The molecule has 28 heavy (non-hydrogen) atoms. The van der Waals surface area contributed by atoms with E-state index in [2.05, 4.69) is 9.47 Å². The van der Waals surface area contributed by atoms with Gasteiger partial charge in [0.2, 0.25) is 0 Å². The number of carbonyl (C=O) groups is 1. The van der Waals surface area contributed by atoms with E-state index in [9.17, 15) is 13.6 Å². The molecule has 0 N–H and O–H groups in total. The summed E-state index contributed by atoms with van der Waals surface area (Å²) in [4.78, 5) is 11.8. The molecule has 0 radical (unpaired) electrons. The van der Waals surface area contributed by atoms with Gasteiger partial charge in [-0.05, 0) is 34.1 Å². The maximum absolute atomic E-state index is 14.4. The Balaban J connectivity index is 2.04. The van der Waals surface area contributed by atoms with E-state index in [1.807, 2.05) is 53.7 Å². The Kier molecular flexibility index (Phi) is 6.48. The van der Waals surface area contributed by atoms with Crippen molar-refractivity contribution in [2.24, 2.45) is 0 Å². The molecular formula is C23H28F2O3. The van der Waals surface area contributed by atoms with Crippen LogP contribution in [0, 0.1) is 0 Å². The van der Waals surface area contributed by atoms with Crippen LogP contribution in [0.5, 0.6) is 0 Å². The molecule has 5 heteroatoms. The number of alkyl halides is 2. The largest absolute Gasteiger partial charge is 0.513 e. The van der Waals surface area contributed by atoms with Crippen LogP contribution in [-0.2, 0) is 20.3 Å². The van der Waals surface area contributed by atoms with Gasteiger partial charge in [-0.15, -0.1) is 0 Å². The number of halogens is 2. The number of carbonyl (C=O) groups excluding carboxylic acids is 1. The van der Waals surface area contributed by atoms with Crippen molar-refractivity contribution in [1.29, 1.82) is 0 Å². The zero-order chi connectivity index (χ0) is 21.1. The summed E-state index contributed by atoms with van der Waals surface area (Å²) in [5, 5.41) is 0. The molecule has 2 aromatic rings. The van der Waals surface area contributed by atoms with Crippen LogP contribution < -0.4 is 0 Å². The normalized spacial score (nSPS) is 14.3. The lowest BCUT2D eigenvalue weighted by molar-refractivity contribution is -0.0767. The third kappa shape index (κ3) is 5.78. The zero-order valence-electron chi connectivity index (χ0n) is 17.3. The minimum absolute atomic E-state index is 0.175. The second-order valence-corrected chi connectivity index (χ2v) is 8.87. The van der Waals surface area contributed by atoms with E-state index >= 15 is 0 Å². The van der Waals surface area contributed by atoms with E-state index in [0.29, 0.717) is 0 Å². The molecule has 0 aromatic heterocycles. The van der Waals surface area contributed by atoms with Crippen molar-refractivity contribution in [1.82, 2.24) is 0 Å². The first-order chi connectivity index (χ1) is 12.9. The molecule has 2 rings (SSSR count). The lowest BCUT2D eigenvalue weighted by atomic mass is 9.86. The van der Waals surface area contributed by atoms with Crippen LogP contribution in [0.2, 0.25) is 0 Å². The second-order valence-electron chi connectivity index (χ2n) is 8.87. The van der Waals surface area contributed by atoms with Crippen LogP contribution >= 0.6 is 0 Å². The predicted octanol–water partition coefficient (Wildman–Crippen LogP) is 7.07. The van der Waals surface area contributed by atoms with Gasteiger partial charge >= 0.3 is 6.16 Å². The number of benzene rings is 2. The Morgan fingerprint density at radius 1 is 0.750 bits per heavy atom. The van der Waals surface area contributed by atoms with Crippen molar-refractivity contribution in [2.75, 3.05) is 0 Å². The minimum Gasteiger partial charge on any atom is -0.395 e. The molecule has 0 fully saturated rings. The summed E-state index contributed by atoms with van der Waals surface area (Å²) in [6, 6.07) is 13.4. The van der Waals surface area contributed by atoms with Crippen molar-refractivity contribution in [3.05, 3.63) is 70.8 Å².